The topological polar surface area (TPSA) is 84.9 Å². The molecule has 1 saturated heterocycles. The highest BCUT2D eigenvalue weighted by atomic mass is 19.1. The van der Waals surface area contributed by atoms with Crippen LogP contribution in [0.5, 0.6) is 5.75 Å². The van der Waals surface area contributed by atoms with Crippen molar-refractivity contribution < 1.29 is 28.2 Å². The Morgan fingerprint density at radius 3 is 2.70 bits per heavy atom. The highest BCUT2D eigenvalue weighted by Crippen LogP contribution is 2.34. The Bertz CT molecular complexity index is 978. The molecule has 0 spiro atoms. The zero-order chi connectivity index (χ0) is 21.8. The van der Waals surface area contributed by atoms with Crippen LogP contribution in [-0.2, 0) is 19.1 Å². The van der Waals surface area contributed by atoms with Crippen molar-refractivity contribution in [1.82, 2.24) is 0 Å². The third-order valence-electron chi connectivity index (χ3n) is 4.84. The van der Waals surface area contributed by atoms with Gasteiger partial charge in [0.2, 0.25) is 5.91 Å². The van der Waals surface area contributed by atoms with Crippen LogP contribution >= 0.6 is 0 Å². The fraction of sp³-hybridized carbons (Fsp3) is 0.318. The number of hydrogen-bond acceptors (Lipinski definition) is 5. The highest BCUT2D eigenvalue weighted by Gasteiger charge is 2.38. The predicted molar refractivity (Wildman–Crippen MR) is 109 cm³/mol. The monoisotopic (exact) mass is 414 g/mol. The lowest BCUT2D eigenvalue weighted by atomic mass is 10.1. The van der Waals surface area contributed by atoms with Crippen LogP contribution in [0.3, 0.4) is 0 Å². The number of nitrogens with one attached hydrogen (secondary N) is 1. The van der Waals surface area contributed by atoms with Gasteiger partial charge < -0.3 is 19.7 Å². The zero-order valence-electron chi connectivity index (χ0n) is 17.0. The number of aryl methyl sites for hydroxylation is 1. The summed E-state index contributed by atoms with van der Waals surface area (Å²) in [4.78, 5) is 38.8. The Kier molecular flexibility index (Phi) is 6.34. The van der Waals surface area contributed by atoms with Crippen LogP contribution < -0.4 is 15.0 Å². The summed E-state index contributed by atoms with van der Waals surface area (Å²) in [5, 5.41) is 2.49. The Balaban J connectivity index is 1.63. The van der Waals surface area contributed by atoms with E-state index < -0.39 is 29.7 Å². The van der Waals surface area contributed by atoms with Crippen LogP contribution in [0.25, 0.3) is 0 Å². The minimum atomic E-state index is -1.10. The summed E-state index contributed by atoms with van der Waals surface area (Å²) in [6, 6.07) is 10.9. The summed E-state index contributed by atoms with van der Waals surface area (Å²) in [6.45, 7) is 3.45. The van der Waals surface area contributed by atoms with Crippen LogP contribution in [0.4, 0.5) is 15.8 Å². The van der Waals surface area contributed by atoms with E-state index in [-0.39, 0.29) is 24.6 Å². The van der Waals surface area contributed by atoms with Gasteiger partial charge in [-0.25, -0.2) is 4.39 Å². The molecule has 158 valence electrons. The second-order valence-corrected chi connectivity index (χ2v) is 7.16. The van der Waals surface area contributed by atoms with Crippen LogP contribution in [0.1, 0.15) is 18.9 Å². The van der Waals surface area contributed by atoms with Gasteiger partial charge in [0, 0.05) is 18.7 Å². The molecular formula is C22H23FN2O5. The molecule has 0 radical (unpaired) electrons. The van der Waals surface area contributed by atoms with E-state index >= 15 is 0 Å². The van der Waals surface area contributed by atoms with E-state index in [2.05, 4.69) is 5.32 Å². The molecule has 0 bridgehead atoms. The van der Waals surface area contributed by atoms with E-state index in [1.54, 1.807) is 6.07 Å². The number of carbonyl (C=O) groups is 3. The summed E-state index contributed by atoms with van der Waals surface area (Å²) in [6.07, 6.45) is -1.12. The molecule has 3 rings (SSSR count). The van der Waals surface area contributed by atoms with Crippen molar-refractivity contribution in [3.05, 3.63) is 53.8 Å². The third-order valence-corrected chi connectivity index (χ3v) is 4.84. The van der Waals surface area contributed by atoms with E-state index in [0.717, 1.165) is 11.6 Å². The molecule has 30 heavy (non-hydrogen) atoms. The van der Waals surface area contributed by atoms with Gasteiger partial charge in [-0.2, -0.15) is 0 Å². The van der Waals surface area contributed by atoms with E-state index in [1.807, 2.05) is 19.1 Å². The lowest BCUT2D eigenvalue weighted by molar-refractivity contribution is -0.157. The molecule has 8 heteroatoms. The number of esters is 1. The Morgan fingerprint density at radius 1 is 1.23 bits per heavy atom. The average Bonchev–Trinajstić information content (AvgIpc) is 3.09. The van der Waals surface area contributed by atoms with E-state index in [0.29, 0.717) is 11.4 Å². The van der Waals surface area contributed by atoms with Crippen molar-refractivity contribution in [3.8, 4) is 5.75 Å². The van der Waals surface area contributed by atoms with E-state index in [1.165, 1.54) is 37.1 Å². The van der Waals surface area contributed by atoms with Crippen molar-refractivity contribution >= 4 is 29.2 Å². The molecule has 0 saturated carbocycles. The number of halogens is 1. The first-order valence-electron chi connectivity index (χ1n) is 9.50. The zero-order valence-corrected chi connectivity index (χ0v) is 17.0. The first-order chi connectivity index (χ1) is 14.3. The Hall–Kier alpha value is -3.42. The molecule has 0 aliphatic carbocycles. The number of hydrogen-bond donors (Lipinski definition) is 1. The highest BCUT2D eigenvalue weighted by molar-refractivity contribution is 6.01. The standard InChI is InChI=1S/C22H23FN2O5/c1-13-7-8-19(29-3)18(9-13)25-12-15(10-20(25)26)22(28)30-14(2)21(27)24-17-6-4-5-16(23)11-17/h4-9,11,14-15H,10,12H2,1-3H3,(H,24,27)/t14-,15+/m1/s1. The van der Waals surface area contributed by atoms with Crippen molar-refractivity contribution in [2.24, 2.45) is 5.92 Å². The second kappa shape index (κ2) is 8.94. The molecule has 2 aromatic rings. The third kappa shape index (κ3) is 4.76. The number of benzene rings is 2. The van der Waals surface area contributed by atoms with Crippen molar-refractivity contribution in [1.29, 1.82) is 0 Å². The van der Waals surface area contributed by atoms with Crippen LogP contribution in [-0.4, -0.2) is 37.5 Å². The van der Waals surface area contributed by atoms with Crippen LogP contribution in [0.15, 0.2) is 42.5 Å². The number of methoxy groups -OCH3 is 1. The molecule has 0 unspecified atom stereocenters. The minimum Gasteiger partial charge on any atom is -0.495 e. The fourth-order valence-corrected chi connectivity index (χ4v) is 3.24. The molecule has 7 nitrogen and oxygen atoms in total. The maximum Gasteiger partial charge on any atom is 0.312 e. The average molecular weight is 414 g/mol. The number of rotatable bonds is 6. The van der Waals surface area contributed by atoms with E-state index in [9.17, 15) is 18.8 Å². The van der Waals surface area contributed by atoms with E-state index in [4.69, 9.17) is 9.47 Å². The maximum absolute atomic E-state index is 13.2. The number of carbonyl (C=O) groups excluding carboxylic acids is 3. The van der Waals surface area contributed by atoms with Crippen molar-refractivity contribution in [2.45, 2.75) is 26.4 Å². The summed E-state index contributed by atoms with van der Waals surface area (Å²) in [5.41, 5.74) is 1.80. The summed E-state index contributed by atoms with van der Waals surface area (Å²) in [7, 11) is 1.51. The fourth-order valence-electron chi connectivity index (χ4n) is 3.24. The molecule has 2 atom stereocenters. The van der Waals surface area contributed by atoms with Crippen molar-refractivity contribution in [3.63, 3.8) is 0 Å². The Morgan fingerprint density at radius 2 is 2.00 bits per heavy atom. The molecule has 1 aliphatic rings. The van der Waals surface area contributed by atoms with Crippen molar-refractivity contribution in [2.75, 3.05) is 23.9 Å². The first kappa shape index (κ1) is 21.3. The molecule has 2 aromatic carbocycles. The van der Waals surface area contributed by atoms with Gasteiger partial charge in [0.25, 0.3) is 5.91 Å². The number of ether oxygens (including phenoxy) is 2. The molecule has 1 heterocycles. The first-order valence-corrected chi connectivity index (χ1v) is 9.50. The lowest BCUT2D eigenvalue weighted by Gasteiger charge is -2.20. The van der Waals surface area contributed by atoms with Gasteiger partial charge in [-0.15, -0.1) is 0 Å². The van der Waals surface area contributed by atoms with Gasteiger partial charge in [0.15, 0.2) is 6.10 Å². The maximum atomic E-state index is 13.2. The number of anilines is 2. The predicted octanol–water partition coefficient (Wildman–Crippen LogP) is 3.07. The smallest absolute Gasteiger partial charge is 0.312 e. The summed E-state index contributed by atoms with van der Waals surface area (Å²) >= 11 is 0. The number of nitrogens with zero attached hydrogens (tertiary/aromatic N) is 1. The molecule has 1 aliphatic heterocycles. The quantitative estimate of drug-likeness (QED) is 0.735. The van der Waals surface area contributed by atoms with Gasteiger partial charge in [-0.1, -0.05) is 12.1 Å². The van der Waals surface area contributed by atoms with Crippen LogP contribution in [0.2, 0.25) is 0 Å². The SMILES string of the molecule is COc1ccc(C)cc1N1C[C@@H](C(=O)O[C@H](C)C(=O)Nc2cccc(F)c2)CC1=O. The molecule has 0 aromatic heterocycles. The normalized spacial score (nSPS) is 16.9. The van der Waals surface area contributed by atoms with Gasteiger partial charge in [-0.3, -0.25) is 14.4 Å². The minimum absolute atomic E-state index is 0.0197. The van der Waals surface area contributed by atoms with Crippen LogP contribution in [0, 0.1) is 18.7 Å². The number of amides is 2. The van der Waals surface area contributed by atoms with Gasteiger partial charge in [0.1, 0.15) is 11.6 Å². The largest absolute Gasteiger partial charge is 0.495 e. The van der Waals surface area contributed by atoms with Gasteiger partial charge >= 0.3 is 5.97 Å². The van der Waals surface area contributed by atoms with Gasteiger partial charge in [-0.05, 0) is 49.7 Å². The molecular weight excluding hydrogens is 391 g/mol. The van der Waals surface area contributed by atoms with Gasteiger partial charge in [0.05, 0.1) is 18.7 Å². The molecule has 2 amide bonds. The Labute approximate surface area is 173 Å². The second-order valence-electron chi connectivity index (χ2n) is 7.16. The molecule has 1 N–H and O–H groups in total. The summed E-state index contributed by atoms with van der Waals surface area (Å²) < 4.78 is 23.8. The molecule has 1 fully saturated rings. The summed E-state index contributed by atoms with van der Waals surface area (Å²) in [5.74, 6) is -2.11. The lowest BCUT2D eigenvalue weighted by Crippen LogP contribution is -2.33.